The molecular weight excluding hydrogens is 385 g/mol. The van der Waals surface area contributed by atoms with Gasteiger partial charge in [-0.15, -0.1) is 0 Å². The number of carbonyl (C=O) groups excluding carboxylic acids is 1. The minimum Gasteiger partial charge on any atom is -0.497 e. The molecule has 0 spiro atoms. The van der Waals surface area contributed by atoms with Crippen LogP contribution in [0.25, 0.3) is 0 Å². The number of hydrogen-bond acceptors (Lipinski definition) is 4. The molecule has 4 rings (SSSR count). The molecule has 160 valence electrons. The fourth-order valence-electron chi connectivity index (χ4n) is 5.15. The van der Waals surface area contributed by atoms with Gasteiger partial charge in [-0.1, -0.05) is 18.9 Å². The summed E-state index contributed by atoms with van der Waals surface area (Å²) in [6, 6.07) is 10.9. The number of methoxy groups -OCH3 is 2. The van der Waals surface area contributed by atoms with Crippen molar-refractivity contribution in [3.63, 3.8) is 0 Å². The van der Waals surface area contributed by atoms with Crippen molar-refractivity contribution in [2.24, 2.45) is 5.92 Å². The highest BCUT2D eigenvalue weighted by molar-refractivity contribution is 5.94. The highest BCUT2D eigenvalue weighted by atomic mass is 19.1. The van der Waals surface area contributed by atoms with E-state index in [1.807, 2.05) is 18.2 Å². The van der Waals surface area contributed by atoms with Gasteiger partial charge in [0.1, 0.15) is 17.3 Å². The summed E-state index contributed by atoms with van der Waals surface area (Å²) in [6.45, 7) is 0.396. The van der Waals surface area contributed by atoms with Gasteiger partial charge in [-0.2, -0.15) is 0 Å². The van der Waals surface area contributed by atoms with E-state index in [0.717, 1.165) is 31.2 Å². The molecule has 2 aromatic rings. The SMILES string of the molecule is COc1ccc(OC)c([C@@H]2[C@@H]3CCCC[C@@]3(O)CCN2C(=O)c2cccc(F)c2)c1. The van der Waals surface area contributed by atoms with E-state index in [4.69, 9.17) is 9.47 Å². The Bertz CT molecular complexity index is 933. The third-order valence-electron chi connectivity index (χ3n) is 6.66. The quantitative estimate of drug-likeness (QED) is 0.810. The molecule has 1 aliphatic carbocycles. The molecule has 0 radical (unpaired) electrons. The van der Waals surface area contributed by atoms with Gasteiger partial charge in [0.15, 0.2) is 0 Å². The molecule has 1 saturated carbocycles. The van der Waals surface area contributed by atoms with Gasteiger partial charge in [0, 0.05) is 23.6 Å². The topological polar surface area (TPSA) is 59.0 Å². The Morgan fingerprint density at radius 3 is 2.70 bits per heavy atom. The maximum atomic E-state index is 13.8. The highest BCUT2D eigenvalue weighted by Gasteiger charge is 2.51. The number of carbonyl (C=O) groups is 1. The van der Waals surface area contributed by atoms with Crippen LogP contribution in [0.15, 0.2) is 42.5 Å². The zero-order chi connectivity index (χ0) is 21.3. The summed E-state index contributed by atoms with van der Waals surface area (Å²) in [5.74, 6) is 0.500. The van der Waals surface area contributed by atoms with E-state index in [0.29, 0.717) is 30.0 Å². The van der Waals surface area contributed by atoms with Crippen LogP contribution in [0.2, 0.25) is 0 Å². The second-order valence-corrected chi connectivity index (χ2v) is 8.27. The second-order valence-electron chi connectivity index (χ2n) is 8.27. The van der Waals surface area contributed by atoms with E-state index in [1.54, 1.807) is 31.3 Å². The molecule has 2 aromatic carbocycles. The molecular formula is C24H28FNO4. The number of hydrogen-bond donors (Lipinski definition) is 1. The molecule has 1 heterocycles. The smallest absolute Gasteiger partial charge is 0.254 e. The van der Waals surface area contributed by atoms with E-state index >= 15 is 0 Å². The second kappa shape index (κ2) is 8.26. The van der Waals surface area contributed by atoms with Crippen molar-refractivity contribution in [3.05, 3.63) is 59.4 Å². The van der Waals surface area contributed by atoms with E-state index in [1.165, 1.54) is 12.1 Å². The number of rotatable bonds is 4. The number of nitrogens with zero attached hydrogens (tertiary/aromatic N) is 1. The lowest BCUT2D eigenvalue weighted by Gasteiger charge is -2.52. The summed E-state index contributed by atoms with van der Waals surface area (Å²) < 4.78 is 24.9. The molecule has 0 bridgehead atoms. The minimum absolute atomic E-state index is 0.126. The average molecular weight is 413 g/mol. The number of fused-ring (bicyclic) bond motifs is 1. The fourth-order valence-corrected chi connectivity index (χ4v) is 5.15. The molecule has 1 amide bonds. The highest BCUT2D eigenvalue weighted by Crippen LogP contribution is 2.51. The normalized spacial score (nSPS) is 26.1. The van der Waals surface area contributed by atoms with Crippen LogP contribution in [0.5, 0.6) is 11.5 Å². The van der Waals surface area contributed by atoms with Crippen LogP contribution in [-0.2, 0) is 0 Å². The summed E-state index contributed by atoms with van der Waals surface area (Å²) >= 11 is 0. The van der Waals surface area contributed by atoms with Crippen LogP contribution < -0.4 is 9.47 Å². The Labute approximate surface area is 176 Å². The number of benzene rings is 2. The lowest BCUT2D eigenvalue weighted by atomic mass is 9.66. The van der Waals surface area contributed by atoms with Gasteiger partial charge in [-0.25, -0.2) is 4.39 Å². The minimum atomic E-state index is -0.824. The molecule has 30 heavy (non-hydrogen) atoms. The third kappa shape index (κ3) is 3.65. The number of halogens is 1. The third-order valence-corrected chi connectivity index (χ3v) is 6.66. The van der Waals surface area contributed by atoms with Gasteiger partial charge in [0.2, 0.25) is 0 Å². The number of likely N-dealkylation sites (tertiary alicyclic amines) is 1. The van der Waals surface area contributed by atoms with Crippen molar-refractivity contribution in [3.8, 4) is 11.5 Å². The van der Waals surface area contributed by atoms with E-state index in [2.05, 4.69) is 0 Å². The average Bonchev–Trinajstić information content (AvgIpc) is 2.77. The first kappa shape index (κ1) is 20.7. The Kier molecular flexibility index (Phi) is 5.69. The van der Waals surface area contributed by atoms with Gasteiger partial charge in [-0.3, -0.25) is 4.79 Å². The van der Waals surface area contributed by atoms with Gasteiger partial charge in [0.25, 0.3) is 5.91 Å². The molecule has 2 aliphatic rings. The van der Waals surface area contributed by atoms with Gasteiger partial charge < -0.3 is 19.5 Å². The maximum absolute atomic E-state index is 13.8. The first-order valence-electron chi connectivity index (χ1n) is 10.5. The molecule has 0 unspecified atom stereocenters. The van der Waals surface area contributed by atoms with Crippen LogP contribution >= 0.6 is 0 Å². The van der Waals surface area contributed by atoms with Crippen LogP contribution in [0.3, 0.4) is 0 Å². The van der Waals surface area contributed by atoms with Gasteiger partial charge in [0.05, 0.1) is 25.9 Å². The maximum Gasteiger partial charge on any atom is 0.254 e. The summed E-state index contributed by atoms with van der Waals surface area (Å²) in [7, 11) is 3.19. The Morgan fingerprint density at radius 1 is 1.13 bits per heavy atom. The van der Waals surface area contributed by atoms with Crippen LogP contribution in [0.4, 0.5) is 4.39 Å². The zero-order valence-corrected chi connectivity index (χ0v) is 17.4. The Hall–Kier alpha value is -2.60. The largest absolute Gasteiger partial charge is 0.497 e. The van der Waals surface area contributed by atoms with E-state index < -0.39 is 11.4 Å². The summed E-state index contributed by atoms with van der Waals surface area (Å²) in [5, 5.41) is 11.5. The van der Waals surface area contributed by atoms with E-state index in [9.17, 15) is 14.3 Å². The Balaban J connectivity index is 1.82. The Morgan fingerprint density at radius 2 is 1.97 bits per heavy atom. The van der Waals surface area contributed by atoms with Crippen molar-refractivity contribution in [1.29, 1.82) is 0 Å². The van der Waals surface area contributed by atoms with Gasteiger partial charge in [-0.05, 0) is 55.7 Å². The summed E-state index contributed by atoms with van der Waals surface area (Å²) in [4.78, 5) is 15.2. The molecule has 6 heteroatoms. The van der Waals surface area contributed by atoms with Crippen LogP contribution in [0.1, 0.15) is 54.1 Å². The number of aliphatic hydroxyl groups is 1. The molecule has 1 aliphatic heterocycles. The number of piperidine rings is 1. The summed E-state index contributed by atoms with van der Waals surface area (Å²) in [5.41, 5.74) is 0.296. The van der Waals surface area contributed by atoms with Crippen molar-refractivity contribution in [2.45, 2.75) is 43.7 Å². The van der Waals surface area contributed by atoms with E-state index in [-0.39, 0.29) is 17.9 Å². The first-order valence-corrected chi connectivity index (χ1v) is 10.5. The fraction of sp³-hybridized carbons (Fsp3) is 0.458. The van der Waals surface area contributed by atoms with Crippen molar-refractivity contribution in [2.75, 3.05) is 20.8 Å². The number of ether oxygens (including phenoxy) is 2. The predicted molar refractivity (Wildman–Crippen MR) is 111 cm³/mol. The summed E-state index contributed by atoms with van der Waals surface area (Å²) in [6.07, 6.45) is 4.03. The molecule has 5 nitrogen and oxygen atoms in total. The monoisotopic (exact) mass is 413 g/mol. The van der Waals surface area contributed by atoms with Crippen LogP contribution in [0, 0.1) is 11.7 Å². The van der Waals surface area contributed by atoms with Crippen LogP contribution in [-0.4, -0.2) is 42.3 Å². The molecule has 3 atom stereocenters. The molecule has 1 saturated heterocycles. The van der Waals surface area contributed by atoms with Crippen molar-refractivity contribution in [1.82, 2.24) is 4.90 Å². The van der Waals surface area contributed by atoms with Gasteiger partial charge >= 0.3 is 0 Å². The molecule has 0 aromatic heterocycles. The standard InChI is InChI=1S/C24H28FNO4/c1-29-18-9-10-21(30-2)19(15-18)22-20-8-3-4-11-24(20,28)12-13-26(22)23(27)16-6-5-7-17(25)14-16/h5-7,9-10,14-15,20,22,28H,3-4,8,11-13H2,1-2H3/t20-,22+,24+/m0/s1. The van der Waals surface area contributed by atoms with Crippen molar-refractivity contribution < 1.29 is 23.8 Å². The predicted octanol–water partition coefficient (Wildman–Crippen LogP) is 4.35. The molecule has 2 fully saturated rings. The zero-order valence-electron chi connectivity index (χ0n) is 17.4. The van der Waals surface area contributed by atoms with Crippen molar-refractivity contribution >= 4 is 5.91 Å². The lowest BCUT2D eigenvalue weighted by Crippen LogP contribution is -2.56. The lowest BCUT2D eigenvalue weighted by molar-refractivity contribution is -0.115. The first-order chi connectivity index (χ1) is 14.5. The number of amides is 1. The molecule has 1 N–H and O–H groups in total.